The number of aromatic nitrogens is 3. The number of nitrogens with zero attached hydrogens (tertiary/aromatic N) is 3. The molecule has 0 bridgehead atoms. The van der Waals surface area contributed by atoms with Crippen LogP contribution in [0, 0.1) is 0 Å². The van der Waals surface area contributed by atoms with Crippen molar-refractivity contribution in [3.63, 3.8) is 0 Å². The molecular weight excluding hydrogens is 325 g/mol. The first-order chi connectivity index (χ1) is 9.67. The van der Waals surface area contributed by atoms with Crippen molar-refractivity contribution in [2.75, 3.05) is 5.32 Å². The predicted octanol–water partition coefficient (Wildman–Crippen LogP) is 2.32. The molecular formula is C14H19Cl2N5O. The molecule has 0 aliphatic heterocycles. The Balaban J connectivity index is 0.00000121. The lowest BCUT2D eigenvalue weighted by atomic mass is 9.98. The van der Waals surface area contributed by atoms with Crippen LogP contribution in [0.15, 0.2) is 37.1 Å². The SMILES string of the molecule is Cl.Cl.NC1(C(=O)Nc2ccc(-n3ccnc3)nc2)CCCC1. The number of nitrogens with two attached hydrogens (primary N) is 1. The first-order valence-electron chi connectivity index (χ1n) is 6.72. The zero-order valence-corrected chi connectivity index (χ0v) is 13.6. The lowest BCUT2D eigenvalue weighted by Gasteiger charge is -2.22. The largest absolute Gasteiger partial charge is 0.323 e. The van der Waals surface area contributed by atoms with Crippen molar-refractivity contribution in [1.82, 2.24) is 14.5 Å². The van der Waals surface area contributed by atoms with Gasteiger partial charge in [0, 0.05) is 12.4 Å². The highest BCUT2D eigenvalue weighted by molar-refractivity contribution is 5.98. The monoisotopic (exact) mass is 343 g/mol. The molecule has 3 N–H and O–H groups in total. The van der Waals surface area contributed by atoms with E-state index < -0.39 is 5.54 Å². The molecule has 3 rings (SSSR count). The first kappa shape index (κ1) is 18.4. The van der Waals surface area contributed by atoms with Crippen LogP contribution >= 0.6 is 24.8 Å². The molecule has 0 aromatic carbocycles. The number of hydrogen-bond donors (Lipinski definition) is 2. The minimum absolute atomic E-state index is 0. The number of carbonyl (C=O) groups is 1. The fraction of sp³-hybridized carbons (Fsp3) is 0.357. The summed E-state index contributed by atoms with van der Waals surface area (Å²) in [4.78, 5) is 20.4. The number of amides is 1. The van der Waals surface area contributed by atoms with Crippen LogP contribution in [0.5, 0.6) is 0 Å². The Morgan fingerprint density at radius 1 is 1.27 bits per heavy atom. The molecule has 0 unspecified atom stereocenters. The van der Waals surface area contributed by atoms with Crippen molar-refractivity contribution >= 4 is 36.4 Å². The molecule has 2 aromatic heterocycles. The quantitative estimate of drug-likeness (QED) is 0.895. The van der Waals surface area contributed by atoms with E-state index in [9.17, 15) is 4.79 Å². The van der Waals surface area contributed by atoms with Crippen LogP contribution < -0.4 is 11.1 Å². The van der Waals surface area contributed by atoms with E-state index in [4.69, 9.17) is 5.73 Å². The van der Waals surface area contributed by atoms with Gasteiger partial charge in [0.25, 0.3) is 0 Å². The summed E-state index contributed by atoms with van der Waals surface area (Å²) >= 11 is 0. The maximum Gasteiger partial charge on any atom is 0.244 e. The van der Waals surface area contributed by atoms with Gasteiger partial charge in [-0.3, -0.25) is 9.36 Å². The summed E-state index contributed by atoms with van der Waals surface area (Å²) in [6.45, 7) is 0. The van der Waals surface area contributed by atoms with Gasteiger partial charge in [-0.05, 0) is 25.0 Å². The molecule has 2 aromatic rings. The van der Waals surface area contributed by atoms with Gasteiger partial charge in [0.2, 0.25) is 5.91 Å². The van der Waals surface area contributed by atoms with Crippen LogP contribution in [-0.2, 0) is 4.79 Å². The van der Waals surface area contributed by atoms with Crippen molar-refractivity contribution < 1.29 is 4.79 Å². The third-order valence-corrected chi connectivity index (χ3v) is 3.72. The average Bonchev–Trinajstić information content (AvgIpc) is 3.11. The van der Waals surface area contributed by atoms with Gasteiger partial charge in [0.15, 0.2) is 0 Å². The predicted molar refractivity (Wildman–Crippen MR) is 89.9 cm³/mol. The van der Waals surface area contributed by atoms with Gasteiger partial charge in [0.05, 0.1) is 17.4 Å². The van der Waals surface area contributed by atoms with E-state index in [0.29, 0.717) is 5.69 Å². The van der Waals surface area contributed by atoms with Crippen molar-refractivity contribution in [3.05, 3.63) is 37.1 Å². The number of imidazole rings is 1. The summed E-state index contributed by atoms with van der Waals surface area (Å²) in [7, 11) is 0. The highest BCUT2D eigenvalue weighted by Crippen LogP contribution is 2.28. The topological polar surface area (TPSA) is 85.8 Å². The lowest BCUT2D eigenvalue weighted by molar-refractivity contribution is -0.121. The number of pyridine rings is 1. The molecule has 0 saturated heterocycles. The van der Waals surface area contributed by atoms with E-state index in [1.807, 2.05) is 18.3 Å². The van der Waals surface area contributed by atoms with Crippen LogP contribution in [0.2, 0.25) is 0 Å². The second kappa shape index (κ2) is 7.58. The molecule has 0 atom stereocenters. The zero-order valence-electron chi connectivity index (χ0n) is 11.9. The van der Waals surface area contributed by atoms with Gasteiger partial charge in [-0.25, -0.2) is 9.97 Å². The summed E-state index contributed by atoms with van der Waals surface area (Å²) in [6, 6.07) is 3.65. The lowest BCUT2D eigenvalue weighted by Crippen LogP contribution is -2.48. The molecule has 0 spiro atoms. The maximum absolute atomic E-state index is 12.2. The van der Waals surface area contributed by atoms with E-state index >= 15 is 0 Å². The van der Waals surface area contributed by atoms with Gasteiger partial charge in [-0.15, -0.1) is 24.8 Å². The molecule has 0 radical (unpaired) electrons. The number of carbonyl (C=O) groups excluding carboxylic acids is 1. The van der Waals surface area contributed by atoms with Crippen LogP contribution in [0.3, 0.4) is 0 Å². The van der Waals surface area contributed by atoms with E-state index in [0.717, 1.165) is 31.5 Å². The summed E-state index contributed by atoms with van der Waals surface area (Å²) in [6.07, 6.45) is 10.3. The second-order valence-electron chi connectivity index (χ2n) is 5.19. The Morgan fingerprint density at radius 3 is 2.55 bits per heavy atom. The van der Waals surface area contributed by atoms with E-state index in [1.54, 1.807) is 23.3 Å². The van der Waals surface area contributed by atoms with E-state index in [2.05, 4.69) is 15.3 Å². The van der Waals surface area contributed by atoms with Crippen LogP contribution in [0.4, 0.5) is 5.69 Å². The Bertz CT molecular complexity index is 594. The van der Waals surface area contributed by atoms with Crippen molar-refractivity contribution in [3.8, 4) is 5.82 Å². The standard InChI is InChI=1S/C14H17N5O.2ClH/c15-14(5-1-2-6-14)13(20)18-11-3-4-12(17-9-11)19-8-7-16-10-19;;/h3-4,7-10H,1-2,5-6,15H2,(H,18,20);2*1H. The van der Waals surface area contributed by atoms with Crippen molar-refractivity contribution in [2.24, 2.45) is 5.73 Å². The third-order valence-electron chi connectivity index (χ3n) is 3.72. The van der Waals surface area contributed by atoms with Gasteiger partial charge in [0.1, 0.15) is 12.1 Å². The Labute approximate surface area is 141 Å². The number of halogens is 2. The molecule has 1 fully saturated rings. The Morgan fingerprint density at radius 2 is 2.00 bits per heavy atom. The zero-order chi connectivity index (χ0) is 14.0. The normalized spacial score (nSPS) is 15.5. The maximum atomic E-state index is 12.2. The molecule has 1 saturated carbocycles. The molecule has 8 heteroatoms. The molecule has 6 nitrogen and oxygen atoms in total. The number of hydrogen-bond acceptors (Lipinski definition) is 4. The summed E-state index contributed by atoms with van der Waals surface area (Å²) in [5.41, 5.74) is 6.06. The number of rotatable bonds is 3. The highest BCUT2D eigenvalue weighted by Gasteiger charge is 2.36. The average molecular weight is 344 g/mol. The number of anilines is 1. The summed E-state index contributed by atoms with van der Waals surface area (Å²) in [5.74, 6) is 0.635. The second-order valence-corrected chi connectivity index (χ2v) is 5.19. The van der Waals surface area contributed by atoms with Crippen molar-refractivity contribution in [2.45, 2.75) is 31.2 Å². The summed E-state index contributed by atoms with van der Waals surface area (Å²) < 4.78 is 1.80. The fourth-order valence-electron chi connectivity index (χ4n) is 2.50. The minimum Gasteiger partial charge on any atom is -0.323 e. The third kappa shape index (κ3) is 3.76. The van der Waals surface area contributed by atoms with Gasteiger partial charge in [-0.1, -0.05) is 12.8 Å². The number of nitrogens with one attached hydrogen (secondary N) is 1. The van der Waals surface area contributed by atoms with Gasteiger partial charge < -0.3 is 11.1 Å². The first-order valence-corrected chi connectivity index (χ1v) is 6.72. The summed E-state index contributed by atoms with van der Waals surface area (Å²) in [5, 5.41) is 2.85. The van der Waals surface area contributed by atoms with Gasteiger partial charge >= 0.3 is 0 Å². The molecule has 1 aliphatic rings. The van der Waals surface area contributed by atoms with E-state index in [1.165, 1.54) is 0 Å². The molecule has 1 aliphatic carbocycles. The van der Waals surface area contributed by atoms with Crippen LogP contribution in [0.25, 0.3) is 5.82 Å². The van der Waals surface area contributed by atoms with Gasteiger partial charge in [-0.2, -0.15) is 0 Å². The molecule has 1 amide bonds. The molecule has 2 heterocycles. The van der Waals surface area contributed by atoms with Crippen LogP contribution in [0.1, 0.15) is 25.7 Å². The smallest absolute Gasteiger partial charge is 0.244 e. The Hall–Kier alpha value is -1.63. The van der Waals surface area contributed by atoms with Crippen LogP contribution in [-0.4, -0.2) is 26.0 Å². The minimum atomic E-state index is -0.719. The molecule has 120 valence electrons. The Kier molecular flexibility index (Phi) is 6.34. The molecule has 22 heavy (non-hydrogen) atoms. The van der Waals surface area contributed by atoms with Crippen molar-refractivity contribution in [1.29, 1.82) is 0 Å². The fourth-order valence-corrected chi connectivity index (χ4v) is 2.50. The van der Waals surface area contributed by atoms with E-state index in [-0.39, 0.29) is 30.7 Å². The highest BCUT2D eigenvalue weighted by atomic mass is 35.5.